The van der Waals surface area contributed by atoms with Gasteiger partial charge in [-0.3, -0.25) is 4.90 Å². The highest BCUT2D eigenvalue weighted by molar-refractivity contribution is 4.95. The van der Waals surface area contributed by atoms with E-state index < -0.39 is 0 Å². The van der Waals surface area contributed by atoms with E-state index in [1.165, 1.54) is 58.0 Å². The first-order chi connectivity index (χ1) is 7.84. The van der Waals surface area contributed by atoms with Crippen LogP contribution in [0.3, 0.4) is 0 Å². The average Bonchev–Trinajstić information content (AvgIpc) is 3.15. The predicted octanol–water partition coefficient (Wildman–Crippen LogP) is 2.39. The highest BCUT2D eigenvalue weighted by atomic mass is 15.3. The maximum atomic E-state index is 3.81. The first kappa shape index (κ1) is 11.0. The SMILES string of the molecule is CC1CNC(C2CCCCC2)CN1C1CC1. The predicted molar refractivity (Wildman–Crippen MR) is 67.6 cm³/mol. The molecular formula is C14H26N2. The second-order valence-corrected chi connectivity index (χ2v) is 6.19. The Hall–Kier alpha value is -0.0800. The molecule has 2 unspecified atom stereocenters. The van der Waals surface area contributed by atoms with Crippen LogP contribution in [0, 0.1) is 5.92 Å². The van der Waals surface area contributed by atoms with E-state index in [2.05, 4.69) is 17.1 Å². The summed E-state index contributed by atoms with van der Waals surface area (Å²) in [5, 5.41) is 3.81. The molecule has 0 spiro atoms. The molecule has 2 atom stereocenters. The molecule has 3 fully saturated rings. The summed E-state index contributed by atoms with van der Waals surface area (Å²) >= 11 is 0. The van der Waals surface area contributed by atoms with Gasteiger partial charge in [-0.15, -0.1) is 0 Å². The fourth-order valence-corrected chi connectivity index (χ4v) is 3.68. The molecule has 1 heterocycles. The molecule has 1 aliphatic heterocycles. The first-order valence-electron chi connectivity index (χ1n) is 7.34. The van der Waals surface area contributed by atoms with Gasteiger partial charge in [-0.2, -0.15) is 0 Å². The maximum absolute atomic E-state index is 3.81. The molecule has 0 aromatic rings. The smallest absolute Gasteiger partial charge is 0.0224 e. The standard InChI is InChI=1S/C14H26N2/c1-11-9-15-14(10-16(11)13-7-8-13)12-5-3-2-4-6-12/h11-15H,2-10H2,1H3. The van der Waals surface area contributed by atoms with Gasteiger partial charge in [0.05, 0.1) is 0 Å². The van der Waals surface area contributed by atoms with Crippen molar-refractivity contribution < 1.29 is 0 Å². The van der Waals surface area contributed by atoms with Gasteiger partial charge in [0, 0.05) is 31.2 Å². The minimum Gasteiger partial charge on any atom is -0.311 e. The lowest BCUT2D eigenvalue weighted by Crippen LogP contribution is -2.58. The number of rotatable bonds is 2. The lowest BCUT2D eigenvalue weighted by Gasteiger charge is -2.43. The molecule has 0 amide bonds. The molecule has 3 rings (SSSR count). The van der Waals surface area contributed by atoms with Crippen molar-refractivity contribution in [3.8, 4) is 0 Å². The Morgan fingerprint density at radius 2 is 1.75 bits per heavy atom. The van der Waals surface area contributed by atoms with Crippen LogP contribution in [0.25, 0.3) is 0 Å². The third kappa shape index (κ3) is 2.28. The molecular weight excluding hydrogens is 196 g/mol. The van der Waals surface area contributed by atoms with Gasteiger partial charge in [0.25, 0.3) is 0 Å². The van der Waals surface area contributed by atoms with Crippen LogP contribution in [0.2, 0.25) is 0 Å². The number of hydrogen-bond acceptors (Lipinski definition) is 2. The zero-order valence-corrected chi connectivity index (χ0v) is 10.6. The van der Waals surface area contributed by atoms with Crippen molar-refractivity contribution in [2.24, 2.45) is 5.92 Å². The highest BCUT2D eigenvalue weighted by Gasteiger charge is 2.38. The Balaban J connectivity index is 1.58. The van der Waals surface area contributed by atoms with Crippen molar-refractivity contribution in [1.82, 2.24) is 10.2 Å². The molecule has 2 saturated carbocycles. The van der Waals surface area contributed by atoms with Crippen molar-refractivity contribution in [3.63, 3.8) is 0 Å². The van der Waals surface area contributed by atoms with E-state index >= 15 is 0 Å². The molecule has 2 nitrogen and oxygen atoms in total. The van der Waals surface area contributed by atoms with E-state index in [0.717, 1.165) is 24.0 Å². The quantitative estimate of drug-likeness (QED) is 0.772. The van der Waals surface area contributed by atoms with Gasteiger partial charge >= 0.3 is 0 Å². The van der Waals surface area contributed by atoms with Crippen LogP contribution in [-0.2, 0) is 0 Å². The van der Waals surface area contributed by atoms with Crippen LogP contribution in [0.1, 0.15) is 51.9 Å². The fraction of sp³-hybridized carbons (Fsp3) is 1.00. The number of nitrogens with one attached hydrogen (secondary N) is 1. The Labute approximate surface area is 99.8 Å². The van der Waals surface area contributed by atoms with E-state index in [0.29, 0.717) is 0 Å². The topological polar surface area (TPSA) is 15.3 Å². The number of hydrogen-bond donors (Lipinski definition) is 1. The minimum atomic E-state index is 0.771. The van der Waals surface area contributed by atoms with Gasteiger partial charge in [0.1, 0.15) is 0 Å². The normalized spacial score (nSPS) is 38.8. The van der Waals surface area contributed by atoms with Crippen molar-refractivity contribution in [1.29, 1.82) is 0 Å². The molecule has 0 aromatic heterocycles. The minimum absolute atomic E-state index is 0.771. The second kappa shape index (κ2) is 4.66. The summed E-state index contributed by atoms with van der Waals surface area (Å²) in [6, 6.07) is 2.52. The van der Waals surface area contributed by atoms with E-state index in [1.54, 1.807) is 0 Å². The third-order valence-corrected chi connectivity index (χ3v) is 4.88. The Kier molecular flexibility index (Phi) is 3.21. The van der Waals surface area contributed by atoms with E-state index in [1.807, 2.05) is 0 Å². The van der Waals surface area contributed by atoms with Crippen LogP contribution in [0.4, 0.5) is 0 Å². The average molecular weight is 222 g/mol. The summed E-state index contributed by atoms with van der Waals surface area (Å²) in [6.45, 7) is 4.94. The molecule has 2 heteroatoms. The summed E-state index contributed by atoms with van der Waals surface area (Å²) in [6.07, 6.45) is 10.3. The second-order valence-electron chi connectivity index (χ2n) is 6.19. The zero-order chi connectivity index (χ0) is 11.0. The summed E-state index contributed by atoms with van der Waals surface area (Å²) in [4.78, 5) is 2.79. The molecule has 0 bridgehead atoms. The van der Waals surface area contributed by atoms with Crippen molar-refractivity contribution in [2.75, 3.05) is 13.1 Å². The molecule has 1 saturated heterocycles. The van der Waals surface area contributed by atoms with Crippen LogP contribution < -0.4 is 5.32 Å². The monoisotopic (exact) mass is 222 g/mol. The molecule has 16 heavy (non-hydrogen) atoms. The lowest BCUT2D eigenvalue weighted by atomic mass is 9.82. The third-order valence-electron chi connectivity index (χ3n) is 4.88. The van der Waals surface area contributed by atoms with E-state index in [-0.39, 0.29) is 0 Å². The van der Waals surface area contributed by atoms with Crippen LogP contribution in [0.15, 0.2) is 0 Å². The van der Waals surface area contributed by atoms with Gasteiger partial charge in [0.15, 0.2) is 0 Å². The van der Waals surface area contributed by atoms with Crippen LogP contribution >= 0.6 is 0 Å². The highest BCUT2D eigenvalue weighted by Crippen LogP contribution is 2.33. The molecule has 2 aliphatic carbocycles. The Morgan fingerprint density at radius 1 is 1.00 bits per heavy atom. The summed E-state index contributed by atoms with van der Waals surface area (Å²) in [5.41, 5.74) is 0. The molecule has 0 aromatic carbocycles. The first-order valence-corrected chi connectivity index (χ1v) is 7.34. The molecule has 1 N–H and O–H groups in total. The maximum Gasteiger partial charge on any atom is 0.0224 e. The number of nitrogens with zero attached hydrogens (tertiary/aromatic N) is 1. The van der Waals surface area contributed by atoms with Gasteiger partial charge in [-0.1, -0.05) is 19.3 Å². The van der Waals surface area contributed by atoms with Gasteiger partial charge in [0.2, 0.25) is 0 Å². The van der Waals surface area contributed by atoms with Crippen LogP contribution in [0.5, 0.6) is 0 Å². The fourth-order valence-electron chi connectivity index (χ4n) is 3.68. The van der Waals surface area contributed by atoms with E-state index in [9.17, 15) is 0 Å². The van der Waals surface area contributed by atoms with Gasteiger partial charge in [-0.05, 0) is 38.5 Å². The van der Waals surface area contributed by atoms with Crippen LogP contribution in [-0.4, -0.2) is 36.1 Å². The summed E-state index contributed by atoms with van der Waals surface area (Å²) < 4.78 is 0. The largest absolute Gasteiger partial charge is 0.311 e. The summed E-state index contributed by atoms with van der Waals surface area (Å²) in [5.74, 6) is 0.975. The molecule has 92 valence electrons. The van der Waals surface area contributed by atoms with E-state index in [4.69, 9.17) is 0 Å². The van der Waals surface area contributed by atoms with Gasteiger partial charge < -0.3 is 5.32 Å². The molecule has 0 radical (unpaired) electrons. The number of piperazine rings is 1. The van der Waals surface area contributed by atoms with Crippen molar-refractivity contribution in [2.45, 2.75) is 70.0 Å². The van der Waals surface area contributed by atoms with Gasteiger partial charge in [-0.25, -0.2) is 0 Å². The summed E-state index contributed by atoms with van der Waals surface area (Å²) in [7, 11) is 0. The van der Waals surface area contributed by atoms with Crippen molar-refractivity contribution >= 4 is 0 Å². The molecule has 3 aliphatic rings. The zero-order valence-electron chi connectivity index (χ0n) is 10.6. The Bertz CT molecular complexity index is 231. The Morgan fingerprint density at radius 3 is 2.44 bits per heavy atom. The lowest BCUT2D eigenvalue weighted by molar-refractivity contribution is 0.0976. The van der Waals surface area contributed by atoms with Crippen molar-refractivity contribution in [3.05, 3.63) is 0 Å².